The molecule has 0 atom stereocenters. The predicted molar refractivity (Wildman–Crippen MR) is 107 cm³/mol. The highest BCUT2D eigenvalue weighted by Gasteiger charge is 2.12. The maximum absolute atomic E-state index is 10.9. The highest BCUT2D eigenvalue weighted by Crippen LogP contribution is 2.29. The topological polar surface area (TPSA) is 55.5 Å². The molecule has 0 radical (unpaired) electrons. The number of nitrogens with zero attached hydrogens (tertiary/aromatic N) is 2. The van der Waals surface area contributed by atoms with E-state index in [9.17, 15) is 10.1 Å². The Balaban J connectivity index is 1.71. The molecule has 130 valence electrons. The van der Waals surface area contributed by atoms with E-state index >= 15 is 0 Å². The number of aliphatic imine (C=N–C) groups is 1. The maximum Gasteiger partial charge on any atom is 0.290 e. The lowest BCUT2D eigenvalue weighted by atomic mass is 10.2. The van der Waals surface area contributed by atoms with Crippen LogP contribution < -0.4 is 0 Å². The van der Waals surface area contributed by atoms with Crippen molar-refractivity contribution in [3.05, 3.63) is 93.0 Å². The minimum absolute atomic E-state index is 0.103. The summed E-state index contributed by atoms with van der Waals surface area (Å²) in [6, 6.07) is 20.8. The average molecular weight is 383 g/mol. The van der Waals surface area contributed by atoms with Crippen LogP contribution in [-0.2, 0) is 0 Å². The van der Waals surface area contributed by atoms with Crippen LogP contribution >= 0.6 is 23.4 Å². The smallest absolute Gasteiger partial charge is 0.258 e. The van der Waals surface area contributed by atoms with Gasteiger partial charge in [-0.2, -0.15) is 0 Å². The van der Waals surface area contributed by atoms with Gasteiger partial charge in [0.2, 0.25) is 0 Å². The van der Waals surface area contributed by atoms with Gasteiger partial charge in [0.1, 0.15) is 5.02 Å². The summed E-state index contributed by atoms with van der Waals surface area (Å²) in [6.07, 6.45) is 1.67. The van der Waals surface area contributed by atoms with Gasteiger partial charge in [0.15, 0.2) is 0 Å². The molecular formula is C20H15ClN2O2S. The van der Waals surface area contributed by atoms with Gasteiger partial charge in [-0.15, -0.1) is 0 Å². The number of halogens is 1. The van der Waals surface area contributed by atoms with Gasteiger partial charge in [-0.25, -0.2) is 0 Å². The molecule has 26 heavy (non-hydrogen) atoms. The molecule has 3 aromatic rings. The average Bonchev–Trinajstić information content (AvgIpc) is 2.64. The minimum Gasteiger partial charge on any atom is -0.258 e. The summed E-state index contributed by atoms with van der Waals surface area (Å²) in [5, 5.41) is 11.0. The van der Waals surface area contributed by atoms with Crippen molar-refractivity contribution in [2.24, 2.45) is 4.99 Å². The van der Waals surface area contributed by atoms with E-state index in [1.54, 1.807) is 24.0 Å². The Labute approximate surface area is 160 Å². The highest BCUT2D eigenvalue weighted by atomic mass is 35.5. The molecule has 0 aliphatic carbocycles. The van der Waals surface area contributed by atoms with Crippen molar-refractivity contribution in [1.82, 2.24) is 0 Å². The molecule has 0 unspecified atom stereocenters. The van der Waals surface area contributed by atoms with Gasteiger partial charge in [0.05, 0.1) is 10.6 Å². The Bertz CT molecular complexity index is 955. The van der Waals surface area contributed by atoms with Crippen LogP contribution in [0.4, 0.5) is 11.4 Å². The third kappa shape index (κ3) is 4.71. The molecule has 0 spiro atoms. The number of aryl methyl sites for hydroxylation is 1. The fourth-order valence-electron chi connectivity index (χ4n) is 2.23. The van der Waals surface area contributed by atoms with Crippen molar-refractivity contribution in [2.45, 2.75) is 16.7 Å². The van der Waals surface area contributed by atoms with E-state index in [2.05, 4.69) is 36.2 Å². The number of hydrogen-bond acceptors (Lipinski definition) is 4. The molecule has 4 nitrogen and oxygen atoms in total. The fourth-order valence-corrected chi connectivity index (χ4v) is 3.24. The quantitative estimate of drug-likeness (QED) is 0.289. The van der Waals surface area contributed by atoms with Gasteiger partial charge in [-0.1, -0.05) is 53.2 Å². The summed E-state index contributed by atoms with van der Waals surface area (Å²) in [5.74, 6) is 0. The molecule has 0 bridgehead atoms. The first-order valence-electron chi connectivity index (χ1n) is 7.84. The SMILES string of the molecule is Cc1ccc(Sc2ccc(C=Nc3ccc(Cl)c([N+](=O)[O-])c3)cc2)cc1. The lowest BCUT2D eigenvalue weighted by Crippen LogP contribution is -1.88. The molecule has 0 fully saturated rings. The van der Waals surface area contributed by atoms with Crippen LogP contribution in [0.1, 0.15) is 11.1 Å². The van der Waals surface area contributed by atoms with Gasteiger partial charge in [-0.05, 0) is 48.9 Å². The zero-order chi connectivity index (χ0) is 18.5. The van der Waals surface area contributed by atoms with Crippen LogP contribution in [0.25, 0.3) is 0 Å². The molecule has 0 saturated carbocycles. The van der Waals surface area contributed by atoms with Crippen LogP contribution in [0, 0.1) is 17.0 Å². The third-order valence-corrected chi connectivity index (χ3v) is 4.96. The van der Waals surface area contributed by atoms with Crippen molar-refractivity contribution < 1.29 is 4.92 Å². The lowest BCUT2D eigenvalue weighted by Gasteiger charge is -2.03. The molecule has 0 aliphatic heterocycles. The van der Waals surface area contributed by atoms with Crippen molar-refractivity contribution >= 4 is 41.0 Å². The normalized spacial score (nSPS) is 11.0. The molecular weight excluding hydrogens is 368 g/mol. The third-order valence-electron chi connectivity index (χ3n) is 3.63. The second kappa shape index (κ2) is 8.17. The minimum atomic E-state index is -0.515. The molecule has 3 rings (SSSR count). The van der Waals surface area contributed by atoms with Crippen molar-refractivity contribution in [3.8, 4) is 0 Å². The number of nitro benzene ring substituents is 1. The number of hydrogen-bond donors (Lipinski definition) is 0. The van der Waals surface area contributed by atoms with Gasteiger partial charge >= 0.3 is 0 Å². The summed E-state index contributed by atoms with van der Waals surface area (Å²) < 4.78 is 0. The molecule has 0 aliphatic rings. The molecule has 0 heterocycles. The maximum atomic E-state index is 10.9. The fraction of sp³-hybridized carbons (Fsp3) is 0.0500. The number of rotatable bonds is 5. The molecule has 0 amide bonds. The van der Waals surface area contributed by atoms with Crippen LogP contribution in [0.15, 0.2) is 81.5 Å². The zero-order valence-corrected chi connectivity index (χ0v) is 15.5. The van der Waals surface area contributed by atoms with Crippen molar-refractivity contribution in [2.75, 3.05) is 0 Å². The van der Waals surface area contributed by atoms with Crippen molar-refractivity contribution in [3.63, 3.8) is 0 Å². The summed E-state index contributed by atoms with van der Waals surface area (Å²) in [6.45, 7) is 2.07. The van der Waals surface area contributed by atoms with Crippen LogP contribution in [0.5, 0.6) is 0 Å². The first-order chi connectivity index (χ1) is 12.5. The van der Waals surface area contributed by atoms with E-state index in [0.717, 1.165) is 10.5 Å². The first kappa shape index (κ1) is 18.2. The molecule has 0 saturated heterocycles. The van der Waals surface area contributed by atoms with Gasteiger partial charge in [-0.3, -0.25) is 15.1 Å². The Morgan fingerprint density at radius 1 is 1.00 bits per heavy atom. The van der Waals surface area contributed by atoms with Crippen LogP contribution in [0.2, 0.25) is 5.02 Å². The largest absolute Gasteiger partial charge is 0.290 e. The number of benzene rings is 3. The van der Waals surface area contributed by atoms with Gasteiger partial charge in [0, 0.05) is 22.1 Å². The van der Waals surface area contributed by atoms with Crippen LogP contribution in [0.3, 0.4) is 0 Å². The van der Waals surface area contributed by atoms with E-state index in [0.29, 0.717) is 5.69 Å². The van der Waals surface area contributed by atoms with Gasteiger partial charge in [0.25, 0.3) is 5.69 Å². The summed E-state index contributed by atoms with van der Waals surface area (Å²) in [4.78, 5) is 17.0. The summed E-state index contributed by atoms with van der Waals surface area (Å²) in [5.41, 5.74) is 2.49. The van der Waals surface area contributed by atoms with E-state index in [-0.39, 0.29) is 10.7 Å². The summed E-state index contributed by atoms with van der Waals surface area (Å²) >= 11 is 7.50. The molecule has 0 aromatic heterocycles. The Morgan fingerprint density at radius 3 is 2.23 bits per heavy atom. The summed E-state index contributed by atoms with van der Waals surface area (Å²) in [7, 11) is 0. The monoisotopic (exact) mass is 382 g/mol. The van der Waals surface area contributed by atoms with E-state index in [1.807, 2.05) is 24.3 Å². The molecule has 6 heteroatoms. The second-order valence-corrected chi connectivity index (χ2v) is 7.19. The second-order valence-electron chi connectivity index (χ2n) is 5.64. The first-order valence-corrected chi connectivity index (χ1v) is 9.03. The van der Waals surface area contributed by atoms with Gasteiger partial charge < -0.3 is 0 Å². The molecule has 3 aromatic carbocycles. The van der Waals surface area contributed by atoms with Crippen LogP contribution in [-0.4, -0.2) is 11.1 Å². The van der Waals surface area contributed by atoms with E-state index < -0.39 is 4.92 Å². The Morgan fingerprint density at radius 2 is 1.62 bits per heavy atom. The zero-order valence-electron chi connectivity index (χ0n) is 13.9. The number of nitro groups is 1. The highest BCUT2D eigenvalue weighted by molar-refractivity contribution is 7.99. The van der Waals surface area contributed by atoms with E-state index in [4.69, 9.17) is 11.6 Å². The molecule has 0 N–H and O–H groups in total. The Hall–Kier alpha value is -2.63. The Kier molecular flexibility index (Phi) is 5.71. The van der Waals surface area contributed by atoms with E-state index in [1.165, 1.54) is 22.6 Å². The predicted octanol–water partition coefficient (Wildman–Crippen LogP) is 6.46. The van der Waals surface area contributed by atoms with Crippen molar-refractivity contribution in [1.29, 1.82) is 0 Å². The standard InChI is InChI=1S/C20H15ClN2O2S/c1-14-2-7-17(8-3-14)26-18-9-4-15(5-10-18)13-22-16-6-11-19(21)20(12-16)23(24)25/h2-13H,1H3. The lowest BCUT2D eigenvalue weighted by molar-refractivity contribution is -0.384.